The Morgan fingerprint density at radius 3 is 2.16 bits per heavy atom. The Bertz CT molecular complexity index is 1430. The second-order valence-electron chi connectivity index (χ2n) is 8.49. The molecule has 0 aliphatic heterocycles. The molecule has 0 amide bonds. The summed E-state index contributed by atoms with van der Waals surface area (Å²) in [6, 6.07) is 6.55. The molecule has 0 unspecified atom stereocenters. The summed E-state index contributed by atoms with van der Waals surface area (Å²) in [6.07, 6.45) is -9.02. The molecule has 1 aliphatic carbocycles. The Kier molecular flexibility index (Phi) is 7.18. The number of nitrogens with zero attached hydrogens (tertiary/aromatic N) is 1. The van der Waals surface area contributed by atoms with Crippen LogP contribution >= 0.6 is 0 Å². The number of hydrogen-bond donors (Lipinski definition) is 1. The number of rotatable bonds is 6. The summed E-state index contributed by atoms with van der Waals surface area (Å²) in [5, 5.41) is 9.27. The normalized spacial score (nSPS) is 14.2. The fourth-order valence-corrected chi connectivity index (χ4v) is 4.14. The molecule has 38 heavy (non-hydrogen) atoms. The van der Waals surface area contributed by atoms with E-state index in [4.69, 9.17) is 4.74 Å². The molecule has 4 rings (SSSR count). The molecule has 0 spiro atoms. The van der Waals surface area contributed by atoms with Gasteiger partial charge in [-0.2, -0.15) is 26.3 Å². The predicted octanol–water partition coefficient (Wildman–Crippen LogP) is 7.77. The summed E-state index contributed by atoms with van der Waals surface area (Å²) < 4.78 is 113. The van der Waals surface area contributed by atoms with E-state index in [9.17, 15) is 45.0 Å². The van der Waals surface area contributed by atoms with E-state index in [0.717, 1.165) is 30.3 Å². The zero-order valence-corrected chi connectivity index (χ0v) is 19.2. The molecule has 1 heterocycles. The number of allylic oxidation sites excluding steroid dienone is 2. The number of pyridine rings is 1. The third-order valence-electron chi connectivity index (χ3n) is 5.91. The van der Waals surface area contributed by atoms with Crippen molar-refractivity contribution in [3.05, 3.63) is 93.8 Å². The fraction of sp³-hybridized carbons (Fsp3) is 0.231. The predicted molar refractivity (Wildman–Crippen MR) is 119 cm³/mol. The minimum Gasteiger partial charge on any atom is -0.488 e. The first-order valence-electron chi connectivity index (χ1n) is 11.1. The van der Waals surface area contributed by atoms with E-state index in [1.807, 2.05) is 0 Å². The molecule has 1 N–H and O–H groups in total. The van der Waals surface area contributed by atoms with Gasteiger partial charge in [0.15, 0.2) is 11.6 Å². The zero-order chi connectivity index (χ0) is 27.8. The molecule has 2 aromatic carbocycles. The molecule has 1 aromatic heterocycles. The summed E-state index contributed by atoms with van der Waals surface area (Å²) in [5.74, 6) is -4.03. The maximum absolute atomic E-state index is 13.6. The Balaban J connectivity index is 1.84. The third kappa shape index (κ3) is 5.79. The third-order valence-corrected chi connectivity index (χ3v) is 5.91. The fourth-order valence-electron chi connectivity index (χ4n) is 4.14. The van der Waals surface area contributed by atoms with Gasteiger partial charge in [0.25, 0.3) is 0 Å². The summed E-state index contributed by atoms with van der Waals surface area (Å²) in [7, 11) is 0. The van der Waals surface area contributed by atoms with Gasteiger partial charge in [-0.1, -0.05) is 6.07 Å². The number of aromatic nitrogens is 1. The lowest BCUT2D eigenvalue weighted by molar-refractivity contribution is -0.138. The van der Waals surface area contributed by atoms with Crippen LogP contribution in [-0.2, 0) is 19.0 Å². The maximum atomic E-state index is 13.6. The largest absolute Gasteiger partial charge is 0.488 e. The van der Waals surface area contributed by atoms with Crippen molar-refractivity contribution in [2.24, 2.45) is 0 Å². The smallest absolute Gasteiger partial charge is 0.416 e. The highest BCUT2D eigenvalue weighted by molar-refractivity contribution is 5.95. The number of carboxylic acids is 1. The van der Waals surface area contributed by atoms with Crippen LogP contribution in [0.3, 0.4) is 0 Å². The van der Waals surface area contributed by atoms with E-state index in [1.54, 1.807) is 0 Å². The van der Waals surface area contributed by atoms with E-state index in [0.29, 0.717) is 18.6 Å². The molecule has 4 nitrogen and oxygen atoms in total. The van der Waals surface area contributed by atoms with Crippen molar-refractivity contribution in [1.29, 1.82) is 0 Å². The van der Waals surface area contributed by atoms with Crippen LogP contribution in [0, 0.1) is 11.6 Å². The van der Waals surface area contributed by atoms with Crippen LogP contribution in [0.1, 0.15) is 57.7 Å². The van der Waals surface area contributed by atoms with Gasteiger partial charge in [0.1, 0.15) is 18.1 Å². The Morgan fingerprint density at radius 2 is 1.53 bits per heavy atom. The first-order chi connectivity index (χ1) is 17.7. The number of aromatic carboxylic acids is 1. The average molecular weight is 543 g/mol. The van der Waals surface area contributed by atoms with Crippen molar-refractivity contribution in [2.45, 2.75) is 38.2 Å². The Morgan fingerprint density at radius 1 is 0.842 bits per heavy atom. The van der Waals surface area contributed by atoms with E-state index < -0.39 is 46.8 Å². The average Bonchev–Trinajstić information content (AvgIpc) is 3.33. The summed E-state index contributed by atoms with van der Waals surface area (Å²) in [5.41, 5.74) is -3.05. The van der Waals surface area contributed by atoms with Gasteiger partial charge in [-0.3, -0.25) is 0 Å². The standard InChI is InChI=1S/C26H17F8NO3/c27-19-6-4-13(8-20(19)28)12-38-23-7-5-14(25(29,30)31)9-18(23)16-2-1-3-17(16)21-10-15(26(32,33)34)11-22(35-21)24(36)37/h4-11H,1-3,12H2,(H,36,37). The highest BCUT2D eigenvalue weighted by Crippen LogP contribution is 2.45. The van der Waals surface area contributed by atoms with E-state index >= 15 is 0 Å². The van der Waals surface area contributed by atoms with Crippen molar-refractivity contribution >= 4 is 17.1 Å². The van der Waals surface area contributed by atoms with Crippen molar-refractivity contribution in [1.82, 2.24) is 4.98 Å². The quantitative estimate of drug-likeness (QED) is 0.323. The molecule has 1 aliphatic rings. The number of hydrogen-bond acceptors (Lipinski definition) is 3. The second-order valence-corrected chi connectivity index (χ2v) is 8.49. The molecular formula is C26H17F8NO3. The highest BCUT2D eigenvalue weighted by Gasteiger charge is 2.35. The van der Waals surface area contributed by atoms with Gasteiger partial charge in [-0.05, 0) is 78.4 Å². The molecule has 3 aromatic rings. The minimum atomic E-state index is -4.89. The lowest BCUT2D eigenvalue weighted by Crippen LogP contribution is -2.11. The second kappa shape index (κ2) is 10.1. The molecule has 0 bridgehead atoms. The molecule has 0 radical (unpaired) electrons. The lowest BCUT2D eigenvalue weighted by Gasteiger charge is -2.17. The lowest BCUT2D eigenvalue weighted by atomic mass is 9.96. The van der Waals surface area contributed by atoms with E-state index in [-0.39, 0.29) is 53.2 Å². The van der Waals surface area contributed by atoms with Gasteiger partial charge >= 0.3 is 18.3 Å². The van der Waals surface area contributed by atoms with Crippen LogP contribution < -0.4 is 4.74 Å². The molecule has 0 atom stereocenters. The number of carbonyl (C=O) groups is 1. The summed E-state index contributed by atoms with van der Waals surface area (Å²) >= 11 is 0. The number of carboxylic acid groups (broad SMARTS) is 1. The van der Waals surface area contributed by atoms with Crippen LogP contribution in [0.4, 0.5) is 35.1 Å². The van der Waals surface area contributed by atoms with Gasteiger partial charge in [0.2, 0.25) is 0 Å². The van der Waals surface area contributed by atoms with Gasteiger partial charge in [0.05, 0.1) is 16.8 Å². The number of ether oxygens (including phenoxy) is 1. The van der Waals surface area contributed by atoms with Gasteiger partial charge in [0, 0.05) is 5.56 Å². The van der Waals surface area contributed by atoms with Crippen LogP contribution in [0.2, 0.25) is 0 Å². The van der Waals surface area contributed by atoms with Crippen molar-refractivity contribution in [3.63, 3.8) is 0 Å². The zero-order valence-electron chi connectivity index (χ0n) is 19.2. The SMILES string of the molecule is O=C(O)c1cc(C(F)(F)F)cc(C2=C(c3cc(C(F)(F)F)ccc3OCc3ccc(F)c(F)c3)CCC2)n1. The highest BCUT2D eigenvalue weighted by atomic mass is 19.4. The van der Waals surface area contributed by atoms with Crippen LogP contribution in [0.5, 0.6) is 5.75 Å². The van der Waals surface area contributed by atoms with Gasteiger partial charge in [-0.15, -0.1) is 0 Å². The van der Waals surface area contributed by atoms with Crippen molar-refractivity contribution in [2.75, 3.05) is 0 Å². The topological polar surface area (TPSA) is 59.4 Å². The Hall–Kier alpha value is -3.96. The molecule has 0 saturated heterocycles. The number of alkyl halides is 6. The van der Waals surface area contributed by atoms with E-state index in [1.165, 1.54) is 6.07 Å². The maximum Gasteiger partial charge on any atom is 0.416 e. The first kappa shape index (κ1) is 27.1. The minimum absolute atomic E-state index is 0.0778. The van der Waals surface area contributed by atoms with Crippen molar-refractivity contribution < 1.29 is 49.8 Å². The molecule has 0 fully saturated rings. The van der Waals surface area contributed by atoms with E-state index in [2.05, 4.69) is 4.98 Å². The molecule has 200 valence electrons. The number of benzene rings is 2. The van der Waals surface area contributed by atoms with Crippen LogP contribution in [0.25, 0.3) is 11.1 Å². The van der Waals surface area contributed by atoms with Crippen LogP contribution in [0.15, 0.2) is 48.5 Å². The molecular weight excluding hydrogens is 526 g/mol. The van der Waals surface area contributed by atoms with Crippen molar-refractivity contribution in [3.8, 4) is 5.75 Å². The number of halogens is 8. The molecule has 0 saturated carbocycles. The summed E-state index contributed by atoms with van der Waals surface area (Å²) in [6.45, 7) is -0.344. The van der Waals surface area contributed by atoms with Crippen LogP contribution in [-0.4, -0.2) is 16.1 Å². The Labute approximate surface area is 210 Å². The first-order valence-corrected chi connectivity index (χ1v) is 11.1. The summed E-state index contributed by atoms with van der Waals surface area (Å²) in [4.78, 5) is 15.3. The molecule has 12 heteroatoms. The van der Waals surface area contributed by atoms with Gasteiger partial charge in [-0.25, -0.2) is 18.6 Å². The van der Waals surface area contributed by atoms with Gasteiger partial charge < -0.3 is 9.84 Å². The monoisotopic (exact) mass is 543 g/mol.